The summed E-state index contributed by atoms with van der Waals surface area (Å²) in [6.07, 6.45) is 3.40. The number of halogens is 2. The van der Waals surface area contributed by atoms with Crippen LogP contribution in [0.3, 0.4) is 0 Å². The van der Waals surface area contributed by atoms with Gasteiger partial charge in [-0.3, -0.25) is 0 Å². The molecule has 1 aliphatic rings. The van der Waals surface area contributed by atoms with Crippen LogP contribution in [0.5, 0.6) is 11.5 Å². The lowest BCUT2D eigenvalue weighted by Crippen LogP contribution is -2.29. The van der Waals surface area contributed by atoms with Crippen LogP contribution in [0.1, 0.15) is 26.2 Å². The first-order valence-electron chi connectivity index (χ1n) is 7.21. The van der Waals surface area contributed by atoms with E-state index in [1.165, 1.54) is 20.0 Å². The number of alkyl halides is 2. The number of hydrogen-bond acceptors (Lipinski definition) is 4. The fourth-order valence-corrected chi connectivity index (χ4v) is 2.68. The molecule has 4 nitrogen and oxygen atoms in total. The standard InChI is InChI=1S/C15H22F2N2O2/c1-10(8-11-4-3-7-18-11)19-12-5-6-13(20-2)14(9-12)21-15(16)17/h5-6,9-11,15,18-19H,3-4,7-8H2,1-2H3. The van der Waals surface area contributed by atoms with Crippen molar-refractivity contribution in [2.45, 2.75) is 44.9 Å². The van der Waals surface area contributed by atoms with Gasteiger partial charge in [-0.15, -0.1) is 0 Å². The predicted octanol–water partition coefficient (Wildman–Crippen LogP) is 3.24. The van der Waals surface area contributed by atoms with Crippen molar-refractivity contribution < 1.29 is 18.3 Å². The van der Waals surface area contributed by atoms with Crippen LogP contribution in [0.2, 0.25) is 0 Å². The summed E-state index contributed by atoms with van der Waals surface area (Å²) in [6.45, 7) is 0.290. The topological polar surface area (TPSA) is 42.5 Å². The van der Waals surface area contributed by atoms with Gasteiger partial charge in [0.2, 0.25) is 0 Å². The van der Waals surface area contributed by atoms with Crippen molar-refractivity contribution >= 4 is 5.69 Å². The Morgan fingerprint density at radius 1 is 1.38 bits per heavy atom. The summed E-state index contributed by atoms with van der Waals surface area (Å²) in [5.74, 6) is 0.342. The molecule has 6 heteroatoms. The van der Waals surface area contributed by atoms with Crippen LogP contribution in [0.4, 0.5) is 14.5 Å². The highest BCUT2D eigenvalue weighted by Gasteiger charge is 2.17. The molecule has 1 fully saturated rings. The van der Waals surface area contributed by atoms with E-state index < -0.39 is 6.61 Å². The number of benzene rings is 1. The Morgan fingerprint density at radius 3 is 2.81 bits per heavy atom. The van der Waals surface area contributed by atoms with E-state index in [1.54, 1.807) is 18.2 Å². The minimum absolute atomic E-state index is 0.0451. The summed E-state index contributed by atoms with van der Waals surface area (Å²) in [7, 11) is 1.43. The summed E-state index contributed by atoms with van der Waals surface area (Å²) >= 11 is 0. The van der Waals surface area contributed by atoms with E-state index in [0.717, 1.165) is 18.7 Å². The molecule has 1 heterocycles. The molecule has 1 aromatic carbocycles. The highest BCUT2D eigenvalue weighted by atomic mass is 19.3. The molecule has 0 aromatic heterocycles. The zero-order valence-corrected chi connectivity index (χ0v) is 12.4. The largest absolute Gasteiger partial charge is 0.493 e. The van der Waals surface area contributed by atoms with Gasteiger partial charge in [-0.2, -0.15) is 8.78 Å². The molecule has 0 radical (unpaired) electrons. The third-order valence-electron chi connectivity index (χ3n) is 3.59. The maximum absolute atomic E-state index is 12.4. The second kappa shape index (κ2) is 7.45. The second-order valence-electron chi connectivity index (χ2n) is 5.32. The maximum Gasteiger partial charge on any atom is 0.387 e. The Bertz CT molecular complexity index is 451. The van der Waals surface area contributed by atoms with Gasteiger partial charge in [0.05, 0.1) is 7.11 Å². The van der Waals surface area contributed by atoms with Crippen molar-refractivity contribution in [3.63, 3.8) is 0 Å². The van der Waals surface area contributed by atoms with Crippen LogP contribution in [0, 0.1) is 0 Å². The fraction of sp³-hybridized carbons (Fsp3) is 0.600. The van der Waals surface area contributed by atoms with Crippen LogP contribution >= 0.6 is 0 Å². The van der Waals surface area contributed by atoms with E-state index in [0.29, 0.717) is 11.8 Å². The van der Waals surface area contributed by atoms with Gasteiger partial charge in [0.15, 0.2) is 11.5 Å². The minimum atomic E-state index is -2.87. The zero-order chi connectivity index (χ0) is 15.2. The van der Waals surface area contributed by atoms with Crippen LogP contribution in [0.25, 0.3) is 0 Å². The molecule has 0 aliphatic carbocycles. The summed E-state index contributed by atoms with van der Waals surface area (Å²) < 4.78 is 34.3. The van der Waals surface area contributed by atoms with Gasteiger partial charge in [0.25, 0.3) is 0 Å². The molecule has 1 aromatic rings. The number of nitrogens with one attached hydrogen (secondary N) is 2. The first kappa shape index (κ1) is 15.8. The average Bonchev–Trinajstić information content (AvgIpc) is 2.91. The smallest absolute Gasteiger partial charge is 0.387 e. The van der Waals surface area contributed by atoms with Gasteiger partial charge in [-0.25, -0.2) is 0 Å². The van der Waals surface area contributed by atoms with E-state index in [1.807, 2.05) is 0 Å². The number of ether oxygens (including phenoxy) is 2. The lowest BCUT2D eigenvalue weighted by molar-refractivity contribution is -0.0511. The summed E-state index contributed by atoms with van der Waals surface area (Å²) in [5, 5.41) is 6.76. The van der Waals surface area contributed by atoms with Crippen LogP contribution < -0.4 is 20.1 Å². The quantitative estimate of drug-likeness (QED) is 0.811. The lowest BCUT2D eigenvalue weighted by atomic mass is 10.1. The summed E-state index contributed by atoms with van der Waals surface area (Å²) in [5.41, 5.74) is 0.747. The van der Waals surface area contributed by atoms with Crippen LogP contribution in [0.15, 0.2) is 18.2 Å². The SMILES string of the molecule is COc1ccc(NC(C)CC2CCCN2)cc1OC(F)F. The molecule has 2 atom stereocenters. The molecule has 2 rings (SSSR count). The van der Waals surface area contributed by atoms with Crippen molar-refractivity contribution in [2.24, 2.45) is 0 Å². The van der Waals surface area contributed by atoms with Gasteiger partial charge in [0.1, 0.15) is 0 Å². The molecule has 0 saturated carbocycles. The molecular weight excluding hydrogens is 278 g/mol. The molecule has 118 valence electrons. The zero-order valence-electron chi connectivity index (χ0n) is 12.4. The van der Waals surface area contributed by atoms with Crippen LogP contribution in [-0.2, 0) is 0 Å². The van der Waals surface area contributed by atoms with Crippen LogP contribution in [-0.4, -0.2) is 32.3 Å². The van der Waals surface area contributed by atoms with E-state index in [4.69, 9.17) is 4.74 Å². The first-order valence-corrected chi connectivity index (χ1v) is 7.21. The summed E-state index contributed by atoms with van der Waals surface area (Å²) in [4.78, 5) is 0. The van der Waals surface area contributed by atoms with E-state index in [9.17, 15) is 8.78 Å². The molecule has 2 N–H and O–H groups in total. The number of hydrogen-bond donors (Lipinski definition) is 2. The monoisotopic (exact) mass is 300 g/mol. The number of methoxy groups -OCH3 is 1. The Morgan fingerprint density at radius 2 is 2.19 bits per heavy atom. The molecule has 21 heavy (non-hydrogen) atoms. The van der Waals surface area contributed by atoms with Gasteiger partial charge >= 0.3 is 6.61 Å². The lowest BCUT2D eigenvalue weighted by Gasteiger charge is -2.20. The van der Waals surface area contributed by atoms with Crippen molar-refractivity contribution in [3.8, 4) is 11.5 Å². The molecule has 1 aliphatic heterocycles. The molecule has 1 saturated heterocycles. The molecule has 0 bridgehead atoms. The number of rotatable bonds is 7. The highest BCUT2D eigenvalue weighted by Crippen LogP contribution is 2.32. The Labute approximate surface area is 123 Å². The number of anilines is 1. The molecule has 2 unspecified atom stereocenters. The second-order valence-corrected chi connectivity index (χ2v) is 5.32. The summed E-state index contributed by atoms with van der Waals surface area (Å²) in [6, 6.07) is 5.75. The Kier molecular flexibility index (Phi) is 5.61. The fourth-order valence-electron chi connectivity index (χ4n) is 2.68. The molecular formula is C15H22F2N2O2. The highest BCUT2D eigenvalue weighted by molar-refractivity contribution is 5.55. The Balaban J connectivity index is 1.98. The van der Waals surface area contributed by atoms with Crippen molar-refractivity contribution in [2.75, 3.05) is 19.0 Å². The van der Waals surface area contributed by atoms with Gasteiger partial charge in [0, 0.05) is 23.8 Å². The van der Waals surface area contributed by atoms with Gasteiger partial charge in [-0.1, -0.05) is 0 Å². The molecule has 0 amide bonds. The third-order valence-corrected chi connectivity index (χ3v) is 3.59. The minimum Gasteiger partial charge on any atom is -0.493 e. The normalized spacial score (nSPS) is 19.6. The Hall–Kier alpha value is -1.56. The van der Waals surface area contributed by atoms with Crippen molar-refractivity contribution in [3.05, 3.63) is 18.2 Å². The van der Waals surface area contributed by atoms with E-state index in [-0.39, 0.29) is 11.8 Å². The average molecular weight is 300 g/mol. The maximum atomic E-state index is 12.4. The van der Waals surface area contributed by atoms with E-state index >= 15 is 0 Å². The van der Waals surface area contributed by atoms with Gasteiger partial charge < -0.3 is 20.1 Å². The predicted molar refractivity (Wildman–Crippen MR) is 78.4 cm³/mol. The van der Waals surface area contributed by atoms with Crippen molar-refractivity contribution in [1.29, 1.82) is 0 Å². The van der Waals surface area contributed by atoms with E-state index in [2.05, 4.69) is 22.3 Å². The first-order chi connectivity index (χ1) is 10.1. The van der Waals surface area contributed by atoms with Crippen molar-refractivity contribution in [1.82, 2.24) is 5.32 Å². The molecule has 0 spiro atoms. The third kappa shape index (κ3) is 4.74. The van der Waals surface area contributed by atoms with Gasteiger partial charge in [-0.05, 0) is 44.9 Å².